The van der Waals surface area contributed by atoms with Crippen LogP contribution in [0.15, 0.2) is 42.9 Å². The topological polar surface area (TPSA) is 72.6 Å². The highest BCUT2D eigenvalue weighted by molar-refractivity contribution is 5.77. The van der Waals surface area contributed by atoms with Gasteiger partial charge in [-0.3, -0.25) is 9.78 Å². The minimum atomic E-state index is 0.0159. The number of rotatable bonds is 4. The van der Waals surface area contributed by atoms with E-state index in [4.69, 9.17) is 9.72 Å². The zero-order valence-electron chi connectivity index (χ0n) is 14.7. The molecule has 0 aliphatic carbocycles. The molecule has 7 nitrogen and oxygen atoms in total. The predicted octanol–water partition coefficient (Wildman–Crippen LogP) is 2.22. The van der Waals surface area contributed by atoms with Gasteiger partial charge in [0.25, 0.3) is 5.91 Å². The maximum atomic E-state index is 12.3. The lowest BCUT2D eigenvalue weighted by molar-refractivity contribution is -0.134. The third-order valence-corrected chi connectivity index (χ3v) is 4.73. The molecular formula is C19H21N5O2. The number of aryl methyl sites for hydroxylation is 1. The second-order valence-electron chi connectivity index (χ2n) is 6.57. The average molecular weight is 351 g/mol. The molecule has 3 aromatic rings. The van der Waals surface area contributed by atoms with Crippen molar-refractivity contribution in [2.75, 3.05) is 19.7 Å². The van der Waals surface area contributed by atoms with Crippen molar-refractivity contribution in [3.8, 4) is 5.75 Å². The Morgan fingerprint density at radius 3 is 2.92 bits per heavy atom. The van der Waals surface area contributed by atoms with Crippen LogP contribution in [0.1, 0.15) is 30.1 Å². The number of fused-ring (bicyclic) bond motifs is 1. The van der Waals surface area contributed by atoms with Crippen molar-refractivity contribution in [1.82, 2.24) is 24.5 Å². The monoisotopic (exact) mass is 351 g/mol. The molecule has 134 valence electrons. The lowest BCUT2D eigenvalue weighted by Crippen LogP contribution is -2.40. The van der Waals surface area contributed by atoms with Crippen LogP contribution in [0.2, 0.25) is 0 Å². The van der Waals surface area contributed by atoms with Crippen molar-refractivity contribution >= 4 is 11.6 Å². The van der Waals surface area contributed by atoms with E-state index in [0.717, 1.165) is 43.0 Å². The van der Waals surface area contributed by atoms with Crippen molar-refractivity contribution in [3.63, 3.8) is 0 Å². The van der Waals surface area contributed by atoms with Crippen LogP contribution in [0.4, 0.5) is 0 Å². The van der Waals surface area contributed by atoms with Gasteiger partial charge in [-0.1, -0.05) is 0 Å². The van der Waals surface area contributed by atoms with E-state index in [1.165, 1.54) is 0 Å². The van der Waals surface area contributed by atoms with Gasteiger partial charge in [-0.05, 0) is 38.0 Å². The molecule has 0 atom stereocenters. The van der Waals surface area contributed by atoms with Crippen molar-refractivity contribution in [2.24, 2.45) is 0 Å². The van der Waals surface area contributed by atoms with Gasteiger partial charge in [0.1, 0.15) is 5.75 Å². The lowest BCUT2D eigenvalue weighted by Gasteiger charge is -2.31. The Kier molecular flexibility index (Phi) is 4.51. The van der Waals surface area contributed by atoms with Gasteiger partial charge in [-0.15, -0.1) is 0 Å². The van der Waals surface area contributed by atoms with Gasteiger partial charge < -0.3 is 9.64 Å². The fourth-order valence-electron chi connectivity index (χ4n) is 3.33. The molecule has 3 aromatic heterocycles. The van der Waals surface area contributed by atoms with Crippen molar-refractivity contribution in [3.05, 3.63) is 54.2 Å². The Balaban J connectivity index is 1.33. The number of amides is 1. The number of hydrogen-bond donors (Lipinski definition) is 0. The van der Waals surface area contributed by atoms with Gasteiger partial charge in [0.2, 0.25) is 0 Å². The molecule has 0 spiro atoms. The number of aromatic nitrogens is 4. The molecule has 0 aromatic carbocycles. The zero-order valence-corrected chi connectivity index (χ0v) is 14.7. The maximum absolute atomic E-state index is 12.3. The Morgan fingerprint density at radius 1 is 1.31 bits per heavy atom. The number of carbonyl (C=O) groups excluding carboxylic acids is 1. The first-order valence-corrected chi connectivity index (χ1v) is 8.82. The summed E-state index contributed by atoms with van der Waals surface area (Å²) >= 11 is 0. The fourth-order valence-corrected chi connectivity index (χ4v) is 3.33. The first kappa shape index (κ1) is 16.5. The van der Waals surface area contributed by atoms with Gasteiger partial charge in [-0.25, -0.2) is 9.50 Å². The summed E-state index contributed by atoms with van der Waals surface area (Å²) in [7, 11) is 0. The van der Waals surface area contributed by atoms with Crippen LogP contribution >= 0.6 is 0 Å². The van der Waals surface area contributed by atoms with E-state index in [1.54, 1.807) is 29.0 Å². The molecule has 0 saturated carbocycles. The van der Waals surface area contributed by atoms with Crippen LogP contribution < -0.4 is 4.74 Å². The Hall–Kier alpha value is -2.96. The molecule has 0 N–H and O–H groups in total. The lowest BCUT2D eigenvalue weighted by atomic mass is 9.93. The molecule has 0 radical (unpaired) electrons. The number of nitrogens with zero attached hydrogens (tertiary/aromatic N) is 5. The van der Waals surface area contributed by atoms with E-state index in [2.05, 4.69) is 10.1 Å². The van der Waals surface area contributed by atoms with E-state index < -0.39 is 0 Å². The SMILES string of the molecule is Cc1cc2nc(C3CCN(C(=O)COc4cccnc4)CC3)ccn2n1. The summed E-state index contributed by atoms with van der Waals surface area (Å²) in [5.41, 5.74) is 2.92. The Morgan fingerprint density at radius 2 is 2.15 bits per heavy atom. The van der Waals surface area contributed by atoms with Crippen molar-refractivity contribution < 1.29 is 9.53 Å². The summed E-state index contributed by atoms with van der Waals surface area (Å²) in [4.78, 5) is 22.9. The molecule has 1 fully saturated rings. The van der Waals surface area contributed by atoms with Crippen molar-refractivity contribution in [2.45, 2.75) is 25.7 Å². The average Bonchev–Trinajstić information content (AvgIpc) is 3.06. The van der Waals surface area contributed by atoms with Crippen LogP contribution in [-0.2, 0) is 4.79 Å². The highest BCUT2D eigenvalue weighted by atomic mass is 16.5. The third kappa shape index (κ3) is 3.51. The normalized spacial score (nSPS) is 15.3. The molecule has 4 heterocycles. The van der Waals surface area contributed by atoms with E-state index in [1.807, 2.05) is 30.2 Å². The molecule has 0 bridgehead atoms. The summed E-state index contributed by atoms with van der Waals surface area (Å²) < 4.78 is 7.31. The number of ether oxygens (including phenoxy) is 1. The van der Waals surface area contributed by atoms with Crippen LogP contribution in [0.5, 0.6) is 5.75 Å². The molecule has 26 heavy (non-hydrogen) atoms. The number of piperidine rings is 1. The maximum Gasteiger partial charge on any atom is 0.260 e. The summed E-state index contributed by atoms with van der Waals surface area (Å²) in [6.07, 6.45) is 7.07. The number of likely N-dealkylation sites (tertiary alicyclic amines) is 1. The van der Waals surface area contributed by atoms with Gasteiger partial charge in [-0.2, -0.15) is 5.10 Å². The number of carbonyl (C=O) groups is 1. The van der Waals surface area contributed by atoms with Gasteiger partial charge in [0, 0.05) is 43.2 Å². The van der Waals surface area contributed by atoms with E-state index in [9.17, 15) is 4.79 Å². The van der Waals surface area contributed by atoms with Crippen molar-refractivity contribution in [1.29, 1.82) is 0 Å². The van der Waals surface area contributed by atoms with E-state index >= 15 is 0 Å². The summed E-state index contributed by atoms with van der Waals surface area (Å²) in [6.45, 7) is 3.47. The zero-order chi connectivity index (χ0) is 17.9. The fraction of sp³-hybridized carbons (Fsp3) is 0.368. The molecule has 0 unspecified atom stereocenters. The Bertz CT molecular complexity index is 901. The number of pyridine rings is 1. The third-order valence-electron chi connectivity index (χ3n) is 4.73. The first-order chi connectivity index (χ1) is 12.7. The largest absolute Gasteiger partial charge is 0.482 e. The molecule has 7 heteroatoms. The first-order valence-electron chi connectivity index (χ1n) is 8.82. The number of hydrogen-bond acceptors (Lipinski definition) is 5. The standard InChI is InChI=1S/C19H21N5O2/c1-14-11-18-21-17(6-10-24(18)22-14)15-4-8-23(9-5-15)19(25)13-26-16-3-2-7-20-12-16/h2-3,6-7,10-12,15H,4-5,8-9,13H2,1H3. The van der Waals surface area contributed by atoms with Crippen LogP contribution in [0.3, 0.4) is 0 Å². The molecular weight excluding hydrogens is 330 g/mol. The Labute approximate surface area is 151 Å². The minimum Gasteiger partial charge on any atom is -0.482 e. The highest BCUT2D eigenvalue weighted by Crippen LogP contribution is 2.27. The second-order valence-corrected chi connectivity index (χ2v) is 6.57. The van der Waals surface area contributed by atoms with Crippen LogP contribution in [0.25, 0.3) is 5.65 Å². The van der Waals surface area contributed by atoms with Gasteiger partial charge in [0.15, 0.2) is 12.3 Å². The predicted molar refractivity (Wildman–Crippen MR) is 96.0 cm³/mol. The second kappa shape index (κ2) is 7.11. The highest BCUT2D eigenvalue weighted by Gasteiger charge is 2.25. The quantitative estimate of drug-likeness (QED) is 0.721. The molecule has 4 rings (SSSR count). The van der Waals surface area contributed by atoms with E-state index in [0.29, 0.717) is 11.7 Å². The van der Waals surface area contributed by atoms with Gasteiger partial charge in [0.05, 0.1) is 11.9 Å². The summed E-state index contributed by atoms with van der Waals surface area (Å²) in [5.74, 6) is 1.00. The minimum absolute atomic E-state index is 0.0159. The van der Waals surface area contributed by atoms with Crippen LogP contribution in [0, 0.1) is 6.92 Å². The molecule has 1 amide bonds. The van der Waals surface area contributed by atoms with Gasteiger partial charge >= 0.3 is 0 Å². The molecule has 1 aliphatic rings. The summed E-state index contributed by atoms with van der Waals surface area (Å²) in [6, 6.07) is 7.61. The smallest absolute Gasteiger partial charge is 0.260 e. The summed E-state index contributed by atoms with van der Waals surface area (Å²) in [5, 5.41) is 4.36. The molecule has 1 aliphatic heterocycles. The van der Waals surface area contributed by atoms with E-state index in [-0.39, 0.29) is 12.5 Å². The molecule has 1 saturated heterocycles. The van der Waals surface area contributed by atoms with Crippen LogP contribution in [-0.4, -0.2) is 50.1 Å².